The molecule has 0 unspecified atom stereocenters. The highest BCUT2D eigenvalue weighted by atomic mass is 16.3. The smallest absolute Gasteiger partial charge is 0.134 e. The molecule has 2 atom stereocenters. The van der Waals surface area contributed by atoms with E-state index in [0.29, 0.717) is 6.04 Å². The molecule has 4 rings (SSSR count). The predicted molar refractivity (Wildman–Crippen MR) is 90.9 cm³/mol. The monoisotopic (exact) mass is 317 g/mol. The molecule has 3 fully saturated rings. The fraction of sp³-hybridized carbons (Fsp3) is 0.765. The topological polar surface area (TPSA) is 55.7 Å². The zero-order valence-corrected chi connectivity index (χ0v) is 13.8. The molecular weight excluding hydrogens is 290 g/mol. The van der Waals surface area contributed by atoms with Crippen molar-refractivity contribution in [3.8, 4) is 0 Å². The average Bonchev–Trinajstić information content (AvgIpc) is 3.34. The van der Waals surface area contributed by atoms with Gasteiger partial charge >= 0.3 is 0 Å². The summed E-state index contributed by atoms with van der Waals surface area (Å²) < 4.78 is 0. The van der Waals surface area contributed by atoms with Gasteiger partial charge in [0.05, 0.1) is 12.6 Å². The van der Waals surface area contributed by atoms with Crippen molar-refractivity contribution in [2.45, 2.75) is 44.2 Å². The van der Waals surface area contributed by atoms with Gasteiger partial charge in [0.2, 0.25) is 0 Å². The minimum atomic E-state index is 0.208. The van der Waals surface area contributed by atoms with Crippen molar-refractivity contribution in [1.29, 1.82) is 0 Å². The van der Waals surface area contributed by atoms with E-state index < -0.39 is 0 Å². The number of rotatable bonds is 4. The van der Waals surface area contributed by atoms with Crippen LogP contribution in [0.15, 0.2) is 12.4 Å². The molecule has 3 aliphatic rings. The lowest BCUT2D eigenvalue weighted by Gasteiger charge is -2.26. The van der Waals surface area contributed by atoms with Gasteiger partial charge in [-0.15, -0.1) is 0 Å². The van der Waals surface area contributed by atoms with Crippen molar-refractivity contribution < 1.29 is 5.11 Å². The standard InChI is InChI=1S/C17H27N5O/c23-12-15-4-3-8-22(15)17-10-16(18-13-19-17)21-9-5-14(11-21)20-6-1-2-7-20/h10,13-15,23H,1-9,11-12H2/t14-,15-/m0/s1. The highest BCUT2D eigenvalue weighted by molar-refractivity contribution is 5.52. The van der Waals surface area contributed by atoms with Crippen LogP contribution in [-0.2, 0) is 0 Å². The second-order valence-electron chi connectivity index (χ2n) is 7.04. The van der Waals surface area contributed by atoms with Gasteiger partial charge in [-0.05, 0) is 45.2 Å². The van der Waals surface area contributed by atoms with E-state index in [9.17, 15) is 5.11 Å². The van der Waals surface area contributed by atoms with E-state index in [0.717, 1.165) is 44.1 Å². The van der Waals surface area contributed by atoms with Crippen LogP contribution in [0, 0.1) is 0 Å². The summed E-state index contributed by atoms with van der Waals surface area (Å²) in [6, 6.07) is 3.02. The van der Waals surface area contributed by atoms with Crippen molar-refractivity contribution in [2.24, 2.45) is 0 Å². The number of nitrogens with zero attached hydrogens (tertiary/aromatic N) is 5. The van der Waals surface area contributed by atoms with Crippen molar-refractivity contribution >= 4 is 11.6 Å². The SMILES string of the molecule is OC[C@@H]1CCCN1c1cc(N2CC[C@H](N3CCCC3)C2)ncn1. The maximum absolute atomic E-state index is 9.53. The molecule has 1 N–H and O–H groups in total. The normalized spacial score (nSPS) is 28.9. The van der Waals surface area contributed by atoms with Crippen LogP contribution in [-0.4, -0.2) is 71.4 Å². The van der Waals surface area contributed by atoms with Gasteiger partial charge in [0, 0.05) is 31.7 Å². The zero-order valence-electron chi connectivity index (χ0n) is 13.8. The third kappa shape index (κ3) is 3.02. The summed E-state index contributed by atoms with van der Waals surface area (Å²) in [4.78, 5) is 16.2. The largest absolute Gasteiger partial charge is 0.394 e. The third-order valence-corrected chi connectivity index (χ3v) is 5.66. The van der Waals surface area contributed by atoms with E-state index in [1.807, 2.05) is 0 Å². The molecule has 0 aliphatic carbocycles. The lowest BCUT2D eigenvalue weighted by Crippen LogP contribution is -2.35. The van der Waals surface area contributed by atoms with E-state index >= 15 is 0 Å². The summed E-state index contributed by atoms with van der Waals surface area (Å²) in [6.07, 6.45) is 7.81. The lowest BCUT2D eigenvalue weighted by molar-refractivity contribution is 0.260. The molecule has 6 nitrogen and oxygen atoms in total. The summed E-state index contributed by atoms with van der Waals surface area (Å²) in [5.74, 6) is 2.01. The number of hydrogen-bond acceptors (Lipinski definition) is 6. The fourth-order valence-electron chi connectivity index (χ4n) is 4.35. The van der Waals surface area contributed by atoms with Crippen LogP contribution >= 0.6 is 0 Å². The minimum absolute atomic E-state index is 0.208. The number of anilines is 2. The van der Waals surface area contributed by atoms with E-state index in [1.165, 1.54) is 32.4 Å². The molecule has 0 spiro atoms. The van der Waals surface area contributed by atoms with Gasteiger partial charge in [0.25, 0.3) is 0 Å². The first kappa shape index (κ1) is 15.1. The second kappa shape index (κ2) is 6.61. The van der Waals surface area contributed by atoms with Gasteiger partial charge < -0.3 is 14.9 Å². The fourth-order valence-corrected chi connectivity index (χ4v) is 4.35. The van der Waals surface area contributed by atoms with E-state index in [2.05, 4.69) is 30.7 Å². The van der Waals surface area contributed by atoms with Gasteiger partial charge in [-0.25, -0.2) is 9.97 Å². The summed E-state index contributed by atoms with van der Waals surface area (Å²) >= 11 is 0. The van der Waals surface area contributed by atoms with Crippen LogP contribution in [0.25, 0.3) is 0 Å². The Bertz CT molecular complexity index is 533. The van der Waals surface area contributed by atoms with Gasteiger partial charge in [0.15, 0.2) is 0 Å². The van der Waals surface area contributed by atoms with Crippen molar-refractivity contribution in [3.05, 3.63) is 12.4 Å². The summed E-state index contributed by atoms with van der Waals surface area (Å²) in [5, 5.41) is 9.53. The van der Waals surface area contributed by atoms with E-state index in [4.69, 9.17) is 0 Å². The molecule has 0 saturated carbocycles. The molecule has 3 saturated heterocycles. The molecular formula is C17H27N5O. The van der Waals surface area contributed by atoms with Crippen LogP contribution in [0.5, 0.6) is 0 Å². The van der Waals surface area contributed by atoms with Crippen molar-refractivity contribution in [1.82, 2.24) is 14.9 Å². The predicted octanol–water partition coefficient (Wildman–Crippen LogP) is 1.11. The van der Waals surface area contributed by atoms with Crippen LogP contribution in [0.2, 0.25) is 0 Å². The molecule has 23 heavy (non-hydrogen) atoms. The maximum atomic E-state index is 9.53. The van der Waals surface area contributed by atoms with Gasteiger partial charge in [-0.3, -0.25) is 4.90 Å². The van der Waals surface area contributed by atoms with Gasteiger partial charge in [-0.2, -0.15) is 0 Å². The molecule has 4 heterocycles. The Hall–Kier alpha value is -1.40. The summed E-state index contributed by atoms with van der Waals surface area (Å²) in [6.45, 7) is 5.89. The molecule has 3 aliphatic heterocycles. The average molecular weight is 317 g/mol. The first-order chi connectivity index (χ1) is 11.3. The molecule has 6 heteroatoms. The first-order valence-corrected chi connectivity index (χ1v) is 9.03. The molecule has 126 valence electrons. The highest BCUT2D eigenvalue weighted by Gasteiger charge is 2.31. The van der Waals surface area contributed by atoms with Crippen LogP contribution < -0.4 is 9.80 Å². The van der Waals surface area contributed by atoms with E-state index in [-0.39, 0.29) is 12.6 Å². The van der Waals surface area contributed by atoms with Gasteiger partial charge in [-0.1, -0.05) is 0 Å². The lowest BCUT2D eigenvalue weighted by atomic mass is 10.2. The number of aromatic nitrogens is 2. The van der Waals surface area contributed by atoms with Gasteiger partial charge in [0.1, 0.15) is 18.0 Å². The Labute approximate surface area is 138 Å². The highest BCUT2D eigenvalue weighted by Crippen LogP contribution is 2.28. The molecule has 0 radical (unpaired) electrons. The van der Waals surface area contributed by atoms with Crippen molar-refractivity contribution in [2.75, 3.05) is 49.1 Å². The van der Waals surface area contributed by atoms with E-state index in [1.54, 1.807) is 6.33 Å². The number of aliphatic hydroxyl groups excluding tert-OH is 1. The molecule has 1 aromatic heterocycles. The summed E-state index contributed by atoms with van der Waals surface area (Å²) in [7, 11) is 0. The Balaban J connectivity index is 1.46. The third-order valence-electron chi connectivity index (χ3n) is 5.66. The summed E-state index contributed by atoms with van der Waals surface area (Å²) in [5.41, 5.74) is 0. The number of likely N-dealkylation sites (tertiary alicyclic amines) is 1. The number of hydrogen-bond donors (Lipinski definition) is 1. The zero-order chi connectivity index (χ0) is 15.6. The van der Waals surface area contributed by atoms with Crippen LogP contribution in [0.4, 0.5) is 11.6 Å². The first-order valence-electron chi connectivity index (χ1n) is 9.03. The van der Waals surface area contributed by atoms with Crippen molar-refractivity contribution in [3.63, 3.8) is 0 Å². The quantitative estimate of drug-likeness (QED) is 0.898. The molecule has 1 aromatic rings. The number of aliphatic hydroxyl groups is 1. The Kier molecular flexibility index (Phi) is 4.35. The van der Waals surface area contributed by atoms with Crippen LogP contribution in [0.1, 0.15) is 32.1 Å². The van der Waals surface area contributed by atoms with Crippen LogP contribution in [0.3, 0.4) is 0 Å². The molecule has 0 aromatic carbocycles. The minimum Gasteiger partial charge on any atom is -0.394 e. The maximum Gasteiger partial charge on any atom is 0.134 e. The Morgan fingerprint density at radius 3 is 2.65 bits per heavy atom. The Morgan fingerprint density at radius 1 is 1.00 bits per heavy atom. The molecule has 0 bridgehead atoms. The Morgan fingerprint density at radius 2 is 1.83 bits per heavy atom. The second-order valence-corrected chi connectivity index (χ2v) is 7.04. The molecule has 0 amide bonds.